The topological polar surface area (TPSA) is 76.8 Å². The van der Waals surface area contributed by atoms with Gasteiger partial charge in [-0.25, -0.2) is 4.79 Å². The van der Waals surface area contributed by atoms with E-state index in [0.717, 1.165) is 53.9 Å². The van der Waals surface area contributed by atoms with Gasteiger partial charge in [-0.3, -0.25) is 19.4 Å². The lowest BCUT2D eigenvalue weighted by atomic mass is 9.95. The first-order valence-electron chi connectivity index (χ1n) is 22.1. The molecule has 310 valence electrons. The number of nitrogens with zero attached hydrogens (tertiary/aromatic N) is 4. The second-order valence-electron chi connectivity index (χ2n) is 16.7. The number of urea groups is 1. The van der Waals surface area contributed by atoms with Gasteiger partial charge in [-0.05, 0) is 97.7 Å². The molecule has 0 spiro atoms. The molecular weight excluding hydrogens is 745 g/mol. The number of carbonyl (C=O) groups is 3. The van der Waals surface area contributed by atoms with E-state index in [1.54, 1.807) is 7.11 Å². The van der Waals surface area contributed by atoms with Crippen LogP contribution in [-0.4, -0.2) is 63.6 Å². The number of allylic oxidation sites excluding steroid dienone is 5. The van der Waals surface area contributed by atoms with Gasteiger partial charge in [0.05, 0.1) is 13.2 Å². The minimum absolute atomic E-state index is 0.0616. The van der Waals surface area contributed by atoms with Crippen LogP contribution in [-0.2, 0) is 14.3 Å². The maximum absolute atomic E-state index is 14.7. The number of hydrogen-bond donors (Lipinski definition) is 0. The van der Waals surface area contributed by atoms with Crippen molar-refractivity contribution in [1.82, 2.24) is 18.9 Å². The summed E-state index contributed by atoms with van der Waals surface area (Å²) in [7, 11) is 1.55. The highest BCUT2D eigenvalue weighted by atomic mass is 16.5. The van der Waals surface area contributed by atoms with Gasteiger partial charge in [-0.1, -0.05) is 113 Å². The Balaban J connectivity index is 1.39. The molecule has 8 heteroatoms. The molecule has 8 rings (SSSR count). The number of amides is 4. The summed E-state index contributed by atoms with van der Waals surface area (Å²) in [6.45, 7) is 11.5. The van der Waals surface area contributed by atoms with E-state index in [1.807, 2.05) is 6.92 Å². The molecule has 1 saturated carbocycles. The lowest BCUT2D eigenvalue weighted by Gasteiger charge is -2.34. The summed E-state index contributed by atoms with van der Waals surface area (Å²) in [6.07, 6.45) is 15.6. The Labute approximate surface area is 353 Å². The normalized spacial score (nSPS) is 19.7. The summed E-state index contributed by atoms with van der Waals surface area (Å²) >= 11 is 0. The SMILES string of the molecule is CCCCN1C(=O)C(=C2/C(=C\C=c3/c4cccc5cccc(c54)n3C(C)CCC)CC/C2=C\C=c2/c3cccc4cccc(c43)n2C(C)CCC)C(=O)N(CCOC)C1=O. The number of benzene rings is 4. The number of imide groups is 2. The van der Waals surface area contributed by atoms with Crippen LogP contribution in [0.2, 0.25) is 0 Å². The molecular formula is C52H58N4O4. The van der Waals surface area contributed by atoms with Crippen molar-refractivity contribution in [1.29, 1.82) is 0 Å². The highest BCUT2D eigenvalue weighted by molar-refractivity contribution is 6.30. The van der Waals surface area contributed by atoms with Crippen LogP contribution in [0.5, 0.6) is 0 Å². The third-order valence-corrected chi connectivity index (χ3v) is 12.7. The minimum atomic E-state index is -0.576. The number of aromatic nitrogens is 2. The minimum Gasteiger partial charge on any atom is -0.383 e. The van der Waals surface area contributed by atoms with Crippen molar-refractivity contribution in [2.75, 3.05) is 26.8 Å². The van der Waals surface area contributed by atoms with Crippen LogP contribution in [0, 0.1) is 0 Å². The summed E-state index contributed by atoms with van der Waals surface area (Å²) < 4.78 is 10.3. The number of carbonyl (C=O) groups excluding carboxylic acids is 3. The molecule has 8 nitrogen and oxygen atoms in total. The molecule has 6 aromatic rings. The molecule has 1 aliphatic carbocycles. The van der Waals surface area contributed by atoms with Crippen LogP contribution in [0.1, 0.15) is 98.1 Å². The van der Waals surface area contributed by atoms with Gasteiger partial charge in [0.2, 0.25) is 0 Å². The van der Waals surface area contributed by atoms with Crippen molar-refractivity contribution in [3.05, 3.63) is 118 Å². The quantitative estimate of drug-likeness (QED) is 0.0812. The van der Waals surface area contributed by atoms with Gasteiger partial charge >= 0.3 is 6.03 Å². The van der Waals surface area contributed by atoms with E-state index in [9.17, 15) is 14.4 Å². The molecule has 0 radical (unpaired) electrons. The van der Waals surface area contributed by atoms with Gasteiger partial charge in [-0.2, -0.15) is 0 Å². The Morgan fingerprint density at radius 3 is 1.52 bits per heavy atom. The zero-order valence-electron chi connectivity index (χ0n) is 36.1. The fourth-order valence-electron chi connectivity index (χ4n) is 9.90. The number of rotatable bonds is 14. The van der Waals surface area contributed by atoms with E-state index < -0.39 is 17.8 Å². The van der Waals surface area contributed by atoms with Gasteiger partial charge in [0.25, 0.3) is 11.8 Å². The maximum Gasteiger partial charge on any atom is 0.334 e. The summed E-state index contributed by atoms with van der Waals surface area (Å²) in [4.78, 5) is 45.7. The lowest BCUT2D eigenvalue weighted by Crippen LogP contribution is -2.57. The van der Waals surface area contributed by atoms with Crippen molar-refractivity contribution in [3.8, 4) is 0 Å². The summed E-state index contributed by atoms with van der Waals surface area (Å²) in [5.74, 6) is -1.08. The molecule has 1 aliphatic heterocycles. The van der Waals surface area contributed by atoms with Crippen LogP contribution < -0.4 is 10.7 Å². The molecule has 4 amide bonds. The summed E-state index contributed by atoms with van der Waals surface area (Å²) in [6, 6.07) is 26.0. The molecule has 2 fully saturated rings. The van der Waals surface area contributed by atoms with Crippen LogP contribution >= 0.6 is 0 Å². The van der Waals surface area contributed by atoms with E-state index in [-0.39, 0.29) is 37.4 Å². The Morgan fingerprint density at radius 1 is 0.600 bits per heavy atom. The molecule has 2 aliphatic rings. The fourth-order valence-corrected chi connectivity index (χ4v) is 9.90. The number of hydrogen-bond acceptors (Lipinski definition) is 4. The molecule has 2 atom stereocenters. The monoisotopic (exact) mass is 802 g/mol. The molecule has 0 bridgehead atoms. The highest BCUT2D eigenvalue weighted by Gasteiger charge is 2.44. The van der Waals surface area contributed by atoms with E-state index >= 15 is 0 Å². The number of ether oxygens (including phenoxy) is 1. The van der Waals surface area contributed by atoms with E-state index in [0.29, 0.717) is 24.8 Å². The first-order chi connectivity index (χ1) is 29.2. The van der Waals surface area contributed by atoms with Crippen molar-refractivity contribution in [2.45, 2.75) is 98.1 Å². The van der Waals surface area contributed by atoms with Crippen molar-refractivity contribution >= 4 is 73.3 Å². The van der Waals surface area contributed by atoms with Crippen LogP contribution in [0.3, 0.4) is 0 Å². The van der Waals surface area contributed by atoms with E-state index in [2.05, 4.69) is 134 Å². The molecule has 60 heavy (non-hydrogen) atoms. The maximum atomic E-state index is 14.7. The third-order valence-electron chi connectivity index (χ3n) is 12.7. The van der Waals surface area contributed by atoms with Crippen LogP contribution in [0.15, 0.2) is 107 Å². The van der Waals surface area contributed by atoms with Gasteiger partial charge < -0.3 is 13.9 Å². The van der Waals surface area contributed by atoms with E-state index in [4.69, 9.17) is 4.74 Å². The number of unbranched alkanes of at least 4 members (excludes halogenated alkanes) is 1. The zero-order chi connectivity index (χ0) is 42.1. The Kier molecular flexibility index (Phi) is 11.9. The molecule has 2 aromatic heterocycles. The molecule has 0 N–H and O–H groups in total. The van der Waals surface area contributed by atoms with Crippen LogP contribution in [0.25, 0.3) is 55.5 Å². The average molecular weight is 803 g/mol. The predicted octanol–water partition coefficient (Wildman–Crippen LogP) is 10.5. The van der Waals surface area contributed by atoms with Gasteiger partial charge in [0.1, 0.15) is 5.57 Å². The molecule has 2 unspecified atom stereocenters. The smallest absolute Gasteiger partial charge is 0.334 e. The first-order valence-corrected chi connectivity index (χ1v) is 22.1. The standard InChI is InChI=1S/C52H58N4O4/c1-7-10-31-53-50(57)49(51(58)54(52(53)59)32-33-60-6)46-38(27-29-42-40-21-11-17-36-19-13-23-44(47(36)40)55(42)34(4)15-8-2)25-26-39(46)28-30-43-41-22-12-18-37-20-14-24-45(48(37)41)56(43)35(5)16-9-3/h11-14,17-24,27-30,34-35H,7-10,15-16,25-26,31-33H2,1-6H3/b38-27-,39-28+,42-29+,43-30+,49-46?. The number of barbiturate groups is 1. The largest absolute Gasteiger partial charge is 0.383 e. The molecule has 3 heterocycles. The van der Waals surface area contributed by atoms with Crippen molar-refractivity contribution in [2.24, 2.45) is 0 Å². The zero-order valence-corrected chi connectivity index (χ0v) is 36.1. The predicted molar refractivity (Wildman–Crippen MR) is 246 cm³/mol. The van der Waals surface area contributed by atoms with Crippen molar-refractivity contribution < 1.29 is 19.1 Å². The van der Waals surface area contributed by atoms with Gasteiger partial charge in [0.15, 0.2) is 0 Å². The fraction of sp³-hybridized carbons (Fsp3) is 0.365. The van der Waals surface area contributed by atoms with Crippen LogP contribution in [0.4, 0.5) is 4.79 Å². The second kappa shape index (κ2) is 17.5. The second-order valence-corrected chi connectivity index (χ2v) is 16.7. The first kappa shape index (κ1) is 41.0. The Bertz CT molecular complexity index is 2630. The van der Waals surface area contributed by atoms with Gasteiger partial charge in [-0.15, -0.1) is 0 Å². The van der Waals surface area contributed by atoms with Gasteiger partial charge in [0, 0.05) is 69.0 Å². The highest BCUT2D eigenvalue weighted by Crippen LogP contribution is 2.41. The molecule has 1 saturated heterocycles. The Hall–Kier alpha value is -5.73. The number of methoxy groups -OCH3 is 1. The third kappa shape index (κ3) is 7.08. The molecule has 4 aromatic carbocycles. The summed E-state index contributed by atoms with van der Waals surface area (Å²) in [5.41, 5.74) is 4.95. The van der Waals surface area contributed by atoms with Crippen molar-refractivity contribution in [3.63, 3.8) is 0 Å². The average Bonchev–Trinajstić information content (AvgIpc) is 3.91. The summed E-state index contributed by atoms with van der Waals surface area (Å²) in [5, 5.41) is 9.48. The lowest BCUT2D eigenvalue weighted by molar-refractivity contribution is -0.136. The van der Waals surface area contributed by atoms with E-state index in [1.165, 1.54) is 53.2 Å². The Morgan fingerprint density at radius 2 is 1.07 bits per heavy atom.